The van der Waals surface area contributed by atoms with Gasteiger partial charge in [-0.1, -0.05) is 38.8 Å². The highest BCUT2D eigenvalue weighted by molar-refractivity contribution is 7.99. The summed E-state index contributed by atoms with van der Waals surface area (Å²) in [6, 6.07) is 14.8. The minimum absolute atomic E-state index is 0.567. The molecule has 0 saturated heterocycles. The van der Waals surface area contributed by atoms with Crippen molar-refractivity contribution in [1.82, 2.24) is 0 Å². The molecule has 2 N–H and O–H groups in total. The van der Waals surface area contributed by atoms with E-state index in [9.17, 15) is 0 Å². The van der Waals surface area contributed by atoms with Gasteiger partial charge in [-0.3, -0.25) is 0 Å². The molecule has 0 saturated carbocycles. The summed E-state index contributed by atoms with van der Waals surface area (Å²) in [6.07, 6.45) is 8.05. The topological polar surface area (TPSA) is 29.3 Å². The molecule has 0 unspecified atom stereocenters. The van der Waals surface area contributed by atoms with Crippen LogP contribution < -0.4 is 10.6 Å². The number of hydrogen-bond acceptors (Lipinski definition) is 3. The van der Waals surface area contributed by atoms with Crippen LogP contribution >= 0.6 is 11.8 Å². The molecule has 0 amide bonds. The molecular formula is C25H38N2S. The standard InChI is InChI=1S/C18H29NS.C7H9N/c1-5-7-11-18(6-2)12-10-15-13-16(19(3)4)8-9-17(15)20-14-18;1-6-3-2-4-7(8)5-6/h8-9,13H,5-7,10-12,14H2,1-4H3;2-5H,8H2,1H3/t18-;/m0./s1. The van der Waals surface area contributed by atoms with E-state index in [2.05, 4.69) is 62.8 Å². The lowest BCUT2D eigenvalue weighted by molar-refractivity contribution is 0.262. The van der Waals surface area contributed by atoms with Crippen molar-refractivity contribution in [2.24, 2.45) is 5.41 Å². The molecule has 2 aromatic rings. The summed E-state index contributed by atoms with van der Waals surface area (Å²) in [4.78, 5) is 3.72. The molecule has 1 aliphatic rings. The van der Waals surface area contributed by atoms with E-state index in [0.29, 0.717) is 5.41 Å². The molecular weight excluding hydrogens is 360 g/mol. The van der Waals surface area contributed by atoms with Crippen molar-refractivity contribution in [2.75, 3.05) is 30.5 Å². The first-order valence-electron chi connectivity index (χ1n) is 10.6. The number of nitrogens with zero attached hydrogens (tertiary/aromatic N) is 1. The molecule has 2 aromatic carbocycles. The second-order valence-corrected chi connectivity index (χ2v) is 9.36. The van der Waals surface area contributed by atoms with Gasteiger partial charge >= 0.3 is 0 Å². The van der Waals surface area contributed by atoms with E-state index in [1.54, 1.807) is 5.56 Å². The molecule has 0 bridgehead atoms. The van der Waals surface area contributed by atoms with Crippen LogP contribution in [0.3, 0.4) is 0 Å². The van der Waals surface area contributed by atoms with Gasteiger partial charge in [0.15, 0.2) is 0 Å². The minimum atomic E-state index is 0.567. The third kappa shape index (κ3) is 6.48. The molecule has 0 aliphatic carbocycles. The zero-order chi connectivity index (χ0) is 20.6. The maximum absolute atomic E-state index is 5.46. The number of unbranched alkanes of at least 4 members (excludes halogenated alkanes) is 1. The number of rotatable bonds is 5. The lowest BCUT2D eigenvalue weighted by atomic mass is 9.77. The van der Waals surface area contributed by atoms with Crippen LogP contribution in [-0.2, 0) is 6.42 Å². The largest absolute Gasteiger partial charge is 0.399 e. The summed E-state index contributed by atoms with van der Waals surface area (Å²) >= 11 is 2.09. The third-order valence-corrected chi connectivity index (χ3v) is 7.34. The smallest absolute Gasteiger partial charge is 0.0364 e. The van der Waals surface area contributed by atoms with Crippen molar-refractivity contribution in [1.29, 1.82) is 0 Å². The van der Waals surface area contributed by atoms with Gasteiger partial charge in [-0.15, -0.1) is 11.8 Å². The molecule has 3 rings (SSSR count). The number of fused-ring (bicyclic) bond motifs is 1. The number of anilines is 2. The van der Waals surface area contributed by atoms with Crippen LogP contribution in [0.4, 0.5) is 11.4 Å². The van der Waals surface area contributed by atoms with Crippen molar-refractivity contribution in [3.05, 3.63) is 53.6 Å². The van der Waals surface area contributed by atoms with Gasteiger partial charge in [-0.05, 0) is 79.5 Å². The summed E-state index contributed by atoms with van der Waals surface area (Å²) in [6.45, 7) is 6.72. The molecule has 28 heavy (non-hydrogen) atoms. The number of benzene rings is 2. The molecule has 1 atom stereocenters. The number of aryl methyl sites for hydroxylation is 2. The predicted molar refractivity (Wildman–Crippen MR) is 128 cm³/mol. The van der Waals surface area contributed by atoms with E-state index in [-0.39, 0.29) is 0 Å². The maximum Gasteiger partial charge on any atom is 0.0364 e. The van der Waals surface area contributed by atoms with E-state index in [0.717, 1.165) is 5.69 Å². The van der Waals surface area contributed by atoms with E-state index < -0.39 is 0 Å². The SMILES string of the molecule is CCCC[C@@]1(CC)CCc2cc(N(C)C)ccc2SC1.Cc1cccc(N)c1. The molecule has 0 aromatic heterocycles. The van der Waals surface area contributed by atoms with Crippen molar-refractivity contribution in [3.8, 4) is 0 Å². The van der Waals surface area contributed by atoms with E-state index in [1.807, 2.05) is 31.2 Å². The van der Waals surface area contributed by atoms with Crippen LogP contribution in [-0.4, -0.2) is 19.8 Å². The van der Waals surface area contributed by atoms with Crippen LogP contribution in [0.15, 0.2) is 47.4 Å². The van der Waals surface area contributed by atoms with Gasteiger partial charge in [0.25, 0.3) is 0 Å². The van der Waals surface area contributed by atoms with Crippen LogP contribution in [0, 0.1) is 12.3 Å². The Balaban J connectivity index is 0.000000292. The minimum Gasteiger partial charge on any atom is -0.399 e. The summed E-state index contributed by atoms with van der Waals surface area (Å²) < 4.78 is 0. The Morgan fingerprint density at radius 2 is 1.89 bits per heavy atom. The fraction of sp³-hybridized carbons (Fsp3) is 0.520. The first-order chi connectivity index (χ1) is 13.4. The van der Waals surface area contributed by atoms with Gasteiger partial charge in [0.05, 0.1) is 0 Å². The first-order valence-corrected chi connectivity index (χ1v) is 11.6. The van der Waals surface area contributed by atoms with Crippen molar-refractivity contribution >= 4 is 23.1 Å². The average molecular weight is 399 g/mol. The quantitative estimate of drug-likeness (QED) is 0.552. The predicted octanol–water partition coefficient (Wildman–Crippen LogP) is 6.95. The number of thioether (sulfide) groups is 1. The van der Waals surface area contributed by atoms with E-state index >= 15 is 0 Å². The third-order valence-electron chi connectivity index (χ3n) is 5.87. The van der Waals surface area contributed by atoms with Gasteiger partial charge in [0, 0.05) is 36.1 Å². The molecule has 0 spiro atoms. The van der Waals surface area contributed by atoms with Gasteiger partial charge in [0.1, 0.15) is 0 Å². The van der Waals surface area contributed by atoms with Gasteiger partial charge in [-0.2, -0.15) is 0 Å². The van der Waals surface area contributed by atoms with E-state index in [1.165, 1.54) is 60.4 Å². The molecule has 0 radical (unpaired) electrons. The highest BCUT2D eigenvalue weighted by atomic mass is 32.2. The summed E-state index contributed by atoms with van der Waals surface area (Å²) in [7, 11) is 4.26. The molecule has 3 heteroatoms. The second-order valence-electron chi connectivity index (χ2n) is 8.35. The molecule has 154 valence electrons. The normalized spacial score (nSPS) is 18.5. The maximum atomic E-state index is 5.46. The Morgan fingerprint density at radius 1 is 1.11 bits per heavy atom. The van der Waals surface area contributed by atoms with Gasteiger partial charge < -0.3 is 10.6 Å². The number of hydrogen-bond donors (Lipinski definition) is 1. The number of nitrogen functional groups attached to an aromatic ring is 1. The summed E-state index contributed by atoms with van der Waals surface area (Å²) in [5.41, 5.74) is 11.0. The average Bonchev–Trinajstić information content (AvgIpc) is 2.86. The lowest BCUT2D eigenvalue weighted by Gasteiger charge is -2.31. The van der Waals surface area contributed by atoms with Crippen LogP contribution in [0.5, 0.6) is 0 Å². The van der Waals surface area contributed by atoms with Gasteiger partial charge in [0.2, 0.25) is 0 Å². The first kappa shape index (κ1) is 22.7. The lowest BCUT2D eigenvalue weighted by Crippen LogP contribution is -2.22. The monoisotopic (exact) mass is 398 g/mol. The fourth-order valence-electron chi connectivity index (χ4n) is 3.76. The molecule has 0 fully saturated rings. The Morgan fingerprint density at radius 3 is 2.46 bits per heavy atom. The Hall–Kier alpha value is -1.61. The molecule has 1 heterocycles. The molecule has 1 aliphatic heterocycles. The Kier molecular flexibility index (Phi) is 8.75. The summed E-state index contributed by atoms with van der Waals surface area (Å²) in [5.74, 6) is 1.30. The Labute approximate surface area is 176 Å². The zero-order valence-electron chi connectivity index (χ0n) is 18.4. The molecule has 2 nitrogen and oxygen atoms in total. The van der Waals surface area contributed by atoms with Crippen LogP contribution in [0.1, 0.15) is 57.1 Å². The zero-order valence-corrected chi connectivity index (χ0v) is 19.2. The second kappa shape index (κ2) is 10.8. The highest BCUT2D eigenvalue weighted by Crippen LogP contribution is 2.44. The summed E-state index contributed by atoms with van der Waals surface area (Å²) in [5, 5.41) is 0. The van der Waals surface area contributed by atoms with E-state index in [4.69, 9.17) is 5.73 Å². The Bertz CT molecular complexity index is 724. The van der Waals surface area contributed by atoms with Gasteiger partial charge in [-0.25, -0.2) is 0 Å². The van der Waals surface area contributed by atoms with Crippen molar-refractivity contribution in [3.63, 3.8) is 0 Å². The fourth-order valence-corrected chi connectivity index (χ4v) is 5.22. The van der Waals surface area contributed by atoms with Crippen LogP contribution in [0.2, 0.25) is 0 Å². The van der Waals surface area contributed by atoms with Crippen LogP contribution in [0.25, 0.3) is 0 Å². The van der Waals surface area contributed by atoms with Crippen molar-refractivity contribution < 1.29 is 0 Å². The highest BCUT2D eigenvalue weighted by Gasteiger charge is 2.30. The number of nitrogens with two attached hydrogens (primary N) is 1. The van der Waals surface area contributed by atoms with Crippen molar-refractivity contribution in [2.45, 2.75) is 64.2 Å².